The van der Waals surface area contributed by atoms with Crippen LogP contribution in [0.4, 0.5) is 0 Å². The maximum Gasteiger partial charge on any atom is 0.230 e. The molecule has 0 N–H and O–H groups in total. The zero-order valence-electron chi connectivity index (χ0n) is 17.3. The first-order valence-corrected chi connectivity index (χ1v) is 9.75. The smallest absolute Gasteiger partial charge is 0.230 e. The number of carbonyl (C=O) groups is 1. The first-order chi connectivity index (χ1) is 13.4. The highest BCUT2D eigenvalue weighted by molar-refractivity contribution is 5.84. The van der Waals surface area contributed by atoms with Crippen molar-refractivity contribution in [1.82, 2.24) is 15.1 Å². The van der Waals surface area contributed by atoms with E-state index < -0.39 is 0 Å². The minimum Gasteiger partial charge on any atom is -0.493 e. The van der Waals surface area contributed by atoms with Crippen molar-refractivity contribution in [3.05, 3.63) is 35.5 Å². The number of amides is 1. The van der Waals surface area contributed by atoms with E-state index in [-0.39, 0.29) is 23.7 Å². The van der Waals surface area contributed by atoms with E-state index in [4.69, 9.17) is 13.9 Å². The van der Waals surface area contributed by atoms with Gasteiger partial charge in [0.2, 0.25) is 17.7 Å². The van der Waals surface area contributed by atoms with E-state index in [2.05, 4.69) is 24.0 Å². The summed E-state index contributed by atoms with van der Waals surface area (Å²) in [7, 11) is 3.22. The zero-order valence-corrected chi connectivity index (χ0v) is 17.3. The summed E-state index contributed by atoms with van der Waals surface area (Å²) in [5.74, 6) is 2.91. The average molecular weight is 387 g/mol. The van der Waals surface area contributed by atoms with Crippen LogP contribution in [0.5, 0.6) is 11.5 Å². The van der Waals surface area contributed by atoms with E-state index in [0.29, 0.717) is 36.4 Å². The average Bonchev–Trinajstić information content (AvgIpc) is 3.14. The molecule has 1 aromatic heterocycles. The summed E-state index contributed by atoms with van der Waals surface area (Å²) in [5, 5.41) is 8.06. The molecule has 0 saturated carbocycles. The van der Waals surface area contributed by atoms with Gasteiger partial charge in [-0.1, -0.05) is 19.9 Å². The van der Waals surface area contributed by atoms with Crippen molar-refractivity contribution in [2.45, 2.75) is 45.4 Å². The Bertz CT molecular complexity index is 810. The molecule has 28 heavy (non-hydrogen) atoms. The van der Waals surface area contributed by atoms with Crippen LogP contribution in [0.25, 0.3) is 0 Å². The number of nitrogens with zero attached hydrogens (tertiary/aromatic N) is 3. The lowest BCUT2D eigenvalue weighted by atomic mass is 9.86. The fraction of sp³-hybridized carbons (Fsp3) is 0.571. The third-order valence-electron chi connectivity index (χ3n) is 5.40. The monoisotopic (exact) mass is 387 g/mol. The molecule has 0 radical (unpaired) electrons. The summed E-state index contributed by atoms with van der Waals surface area (Å²) >= 11 is 0. The van der Waals surface area contributed by atoms with Crippen LogP contribution in [0.15, 0.2) is 22.6 Å². The van der Waals surface area contributed by atoms with Crippen molar-refractivity contribution in [3.8, 4) is 11.5 Å². The van der Waals surface area contributed by atoms with Gasteiger partial charge in [-0.2, -0.15) is 0 Å². The lowest BCUT2D eigenvalue weighted by Crippen LogP contribution is -2.42. The second-order valence-electron chi connectivity index (χ2n) is 7.59. The van der Waals surface area contributed by atoms with Gasteiger partial charge in [0.15, 0.2) is 11.5 Å². The number of methoxy groups -OCH3 is 2. The minimum atomic E-state index is -0.220. The number of piperidine rings is 1. The lowest BCUT2D eigenvalue weighted by molar-refractivity contribution is -0.135. The van der Waals surface area contributed by atoms with Gasteiger partial charge in [-0.15, -0.1) is 10.2 Å². The third-order valence-corrected chi connectivity index (χ3v) is 5.40. The van der Waals surface area contributed by atoms with Gasteiger partial charge in [0.1, 0.15) is 0 Å². The van der Waals surface area contributed by atoms with Crippen molar-refractivity contribution in [2.75, 3.05) is 27.3 Å². The predicted octanol–water partition coefficient (Wildman–Crippen LogP) is 3.54. The molecule has 1 amide bonds. The van der Waals surface area contributed by atoms with Gasteiger partial charge in [-0.25, -0.2) is 0 Å². The van der Waals surface area contributed by atoms with Crippen molar-refractivity contribution in [3.63, 3.8) is 0 Å². The third kappa shape index (κ3) is 4.13. The highest BCUT2D eigenvalue weighted by Crippen LogP contribution is 2.36. The number of hydrogen-bond acceptors (Lipinski definition) is 6. The molecule has 1 aliphatic rings. The van der Waals surface area contributed by atoms with E-state index >= 15 is 0 Å². The van der Waals surface area contributed by atoms with E-state index in [1.807, 2.05) is 23.1 Å². The van der Waals surface area contributed by atoms with Gasteiger partial charge in [-0.05, 0) is 36.5 Å². The molecule has 0 spiro atoms. The SMILES string of the molecule is COc1ccc(C(C(=O)N2CCC(c3nnc(C)o3)CC2)C(C)C)cc1OC. The molecule has 1 fully saturated rings. The first-order valence-electron chi connectivity index (χ1n) is 9.75. The molecule has 2 heterocycles. The maximum absolute atomic E-state index is 13.3. The van der Waals surface area contributed by atoms with Crippen LogP contribution >= 0.6 is 0 Å². The van der Waals surface area contributed by atoms with Crippen LogP contribution in [0.3, 0.4) is 0 Å². The molecular weight excluding hydrogens is 358 g/mol. The molecule has 3 rings (SSSR count). The van der Waals surface area contributed by atoms with E-state index in [1.54, 1.807) is 21.1 Å². The van der Waals surface area contributed by atoms with E-state index in [1.165, 1.54) is 0 Å². The van der Waals surface area contributed by atoms with Crippen LogP contribution < -0.4 is 9.47 Å². The van der Waals surface area contributed by atoms with Gasteiger partial charge in [0.05, 0.1) is 20.1 Å². The van der Waals surface area contributed by atoms with Crippen molar-refractivity contribution in [1.29, 1.82) is 0 Å². The molecule has 2 aromatic rings. The topological polar surface area (TPSA) is 77.7 Å². The number of aryl methyl sites for hydroxylation is 1. The predicted molar refractivity (Wildman–Crippen MR) is 105 cm³/mol. The first kappa shape index (κ1) is 20.2. The minimum absolute atomic E-state index is 0.155. The van der Waals surface area contributed by atoms with Gasteiger partial charge in [0.25, 0.3) is 0 Å². The summed E-state index contributed by atoms with van der Waals surface area (Å²) in [5.41, 5.74) is 0.951. The zero-order chi connectivity index (χ0) is 20.3. The van der Waals surface area contributed by atoms with Crippen LogP contribution in [-0.2, 0) is 4.79 Å². The molecule has 1 atom stereocenters. The Hall–Kier alpha value is -2.57. The summed E-state index contributed by atoms with van der Waals surface area (Å²) < 4.78 is 16.3. The Morgan fingerprint density at radius 3 is 2.36 bits per heavy atom. The Kier molecular flexibility index (Phi) is 6.21. The second kappa shape index (κ2) is 8.63. The fourth-order valence-electron chi connectivity index (χ4n) is 3.88. The van der Waals surface area contributed by atoms with Crippen LogP contribution in [0.2, 0.25) is 0 Å². The highest BCUT2D eigenvalue weighted by Gasteiger charge is 2.33. The molecule has 0 bridgehead atoms. The Labute approximate surface area is 166 Å². The number of carbonyl (C=O) groups excluding carboxylic acids is 1. The summed E-state index contributed by atoms with van der Waals surface area (Å²) in [6.45, 7) is 7.34. The lowest BCUT2D eigenvalue weighted by Gasteiger charge is -2.34. The van der Waals surface area contributed by atoms with Crippen molar-refractivity contribution < 1.29 is 18.7 Å². The van der Waals surface area contributed by atoms with E-state index in [0.717, 1.165) is 18.4 Å². The molecule has 1 aliphatic heterocycles. The normalized spacial score (nSPS) is 16.3. The summed E-state index contributed by atoms with van der Waals surface area (Å²) in [6, 6.07) is 5.73. The molecular formula is C21H29N3O4. The van der Waals surface area contributed by atoms with Crippen molar-refractivity contribution >= 4 is 5.91 Å². The van der Waals surface area contributed by atoms with Gasteiger partial charge >= 0.3 is 0 Å². The van der Waals surface area contributed by atoms with E-state index in [9.17, 15) is 4.79 Å². The Morgan fingerprint density at radius 2 is 1.82 bits per heavy atom. The van der Waals surface area contributed by atoms with Crippen molar-refractivity contribution in [2.24, 2.45) is 5.92 Å². The maximum atomic E-state index is 13.3. The summed E-state index contributed by atoms with van der Waals surface area (Å²) in [4.78, 5) is 15.3. The van der Waals surface area contributed by atoms with Crippen LogP contribution in [-0.4, -0.2) is 48.3 Å². The van der Waals surface area contributed by atoms with Gasteiger partial charge in [-0.3, -0.25) is 4.79 Å². The highest BCUT2D eigenvalue weighted by atomic mass is 16.5. The van der Waals surface area contributed by atoms with Gasteiger partial charge < -0.3 is 18.8 Å². The largest absolute Gasteiger partial charge is 0.493 e. The number of benzene rings is 1. The fourth-order valence-corrected chi connectivity index (χ4v) is 3.88. The number of likely N-dealkylation sites (tertiary alicyclic amines) is 1. The van der Waals surface area contributed by atoms with Gasteiger partial charge in [0, 0.05) is 25.9 Å². The number of hydrogen-bond donors (Lipinski definition) is 0. The van der Waals surface area contributed by atoms with Crippen LogP contribution in [0.1, 0.15) is 55.9 Å². The molecule has 152 valence electrons. The standard InChI is InChI=1S/C21H29N3O4/c1-13(2)19(16-6-7-17(26-4)18(12-16)27-5)21(25)24-10-8-15(9-11-24)20-23-22-14(3)28-20/h6-7,12-13,15,19H,8-11H2,1-5H3. The number of ether oxygens (including phenoxy) is 2. The molecule has 0 aliphatic carbocycles. The Morgan fingerprint density at radius 1 is 1.14 bits per heavy atom. The number of rotatable bonds is 6. The molecule has 1 saturated heterocycles. The summed E-state index contributed by atoms with van der Waals surface area (Å²) in [6.07, 6.45) is 1.67. The molecule has 1 unspecified atom stereocenters. The molecule has 1 aromatic carbocycles. The Balaban J connectivity index is 1.74. The number of aromatic nitrogens is 2. The molecule has 7 nitrogen and oxygen atoms in total. The van der Waals surface area contributed by atoms with Crippen LogP contribution in [0, 0.1) is 12.8 Å². The second-order valence-corrected chi connectivity index (χ2v) is 7.59. The molecule has 7 heteroatoms. The quantitative estimate of drug-likeness (QED) is 0.754.